The molecule has 132 valence electrons. The minimum absolute atomic E-state index is 0.342. The Morgan fingerprint density at radius 2 is 2.04 bits per heavy atom. The molecule has 1 heterocycles. The maximum atomic E-state index is 12.3. The van der Waals surface area contributed by atoms with Crippen LogP contribution in [0, 0.1) is 5.41 Å². The summed E-state index contributed by atoms with van der Waals surface area (Å²) in [4.78, 5) is 25.2. The van der Waals surface area contributed by atoms with E-state index in [1.807, 2.05) is 0 Å². The third kappa shape index (κ3) is 3.82. The largest absolute Gasteiger partial charge is 0.480 e. The fraction of sp³-hybridized carbons (Fsp3) is 0.684. The molecule has 0 radical (unpaired) electrons. The van der Waals surface area contributed by atoms with Gasteiger partial charge < -0.3 is 9.84 Å². The molecule has 2 aliphatic carbocycles. The number of carbonyl (C=O) groups excluding carboxylic acids is 1. The van der Waals surface area contributed by atoms with Crippen LogP contribution in [0.2, 0.25) is 0 Å². The Morgan fingerprint density at radius 1 is 1.33 bits per heavy atom. The first kappa shape index (κ1) is 17.1. The van der Waals surface area contributed by atoms with Gasteiger partial charge in [-0.1, -0.05) is 17.7 Å². The SMILES string of the molecule is CC(C)(C)OC(=O)N1C/C(=C/C2=CCC3(CC2)CC3)C[C@H]1C(=O)O. The van der Waals surface area contributed by atoms with Gasteiger partial charge in [-0.3, -0.25) is 4.90 Å². The zero-order chi connectivity index (χ0) is 17.5. The van der Waals surface area contributed by atoms with E-state index < -0.39 is 23.7 Å². The van der Waals surface area contributed by atoms with Crippen LogP contribution in [0.25, 0.3) is 0 Å². The Labute approximate surface area is 143 Å². The van der Waals surface area contributed by atoms with Gasteiger partial charge in [0, 0.05) is 13.0 Å². The minimum atomic E-state index is -0.973. The second-order valence-electron chi connectivity index (χ2n) is 8.45. The summed E-state index contributed by atoms with van der Waals surface area (Å²) in [5.41, 5.74) is 2.25. The van der Waals surface area contributed by atoms with Crippen molar-refractivity contribution in [2.75, 3.05) is 6.54 Å². The lowest BCUT2D eigenvalue weighted by Gasteiger charge is -2.26. The molecule has 3 aliphatic rings. The summed E-state index contributed by atoms with van der Waals surface area (Å²) in [7, 11) is 0. The number of aliphatic carboxylic acids is 1. The second-order valence-corrected chi connectivity index (χ2v) is 8.45. The summed E-state index contributed by atoms with van der Waals surface area (Å²) in [6.45, 7) is 5.70. The molecule has 5 nitrogen and oxygen atoms in total. The summed E-state index contributed by atoms with van der Waals surface area (Å²) >= 11 is 0. The van der Waals surface area contributed by atoms with Gasteiger partial charge in [0.1, 0.15) is 11.6 Å². The van der Waals surface area contributed by atoms with E-state index >= 15 is 0 Å². The summed E-state index contributed by atoms with van der Waals surface area (Å²) in [5, 5.41) is 9.44. The van der Waals surface area contributed by atoms with Crippen molar-refractivity contribution < 1.29 is 19.4 Å². The number of likely N-dealkylation sites (tertiary alicyclic amines) is 1. The van der Waals surface area contributed by atoms with E-state index in [1.165, 1.54) is 29.7 Å². The predicted octanol–water partition coefficient (Wildman–Crippen LogP) is 3.90. The summed E-state index contributed by atoms with van der Waals surface area (Å²) in [6.07, 6.45) is 10.4. The van der Waals surface area contributed by atoms with Crippen LogP contribution in [0.3, 0.4) is 0 Å². The molecular formula is C19H27NO4. The number of carboxylic acid groups (broad SMARTS) is 1. The molecule has 0 aromatic rings. The highest BCUT2D eigenvalue weighted by molar-refractivity contribution is 5.82. The van der Waals surface area contributed by atoms with Crippen LogP contribution < -0.4 is 0 Å². The van der Waals surface area contributed by atoms with E-state index in [-0.39, 0.29) is 0 Å². The molecule has 0 aromatic carbocycles. The molecule has 1 saturated carbocycles. The highest BCUT2D eigenvalue weighted by Gasteiger charge is 2.43. The highest BCUT2D eigenvalue weighted by Crippen LogP contribution is 2.55. The molecule has 24 heavy (non-hydrogen) atoms. The van der Waals surface area contributed by atoms with Gasteiger partial charge >= 0.3 is 12.1 Å². The number of hydrogen-bond donors (Lipinski definition) is 1. The molecule has 3 rings (SSSR count). The first-order chi connectivity index (χ1) is 11.2. The standard InChI is InChI=1S/C19H27NO4/c1-18(2,3)24-17(23)20-12-14(11-15(20)16(21)22)10-13-4-6-19(7-5-13)8-9-19/h4,10,15H,5-9,11-12H2,1-3H3,(H,21,22)/b14-10+/t15-/m0/s1. The summed E-state index contributed by atoms with van der Waals surface area (Å²) in [6, 6.07) is -0.829. The molecule has 1 aliphatic heterocycles. The zero-order valence-electron chi connectivity index (χ0n) is 14.8. The number of rotatable bonds is 2. The monoisotopic (exact) mass is 333 g/mol. The van der Waals surface area contributed by atoms with Gasteiger partial charge in [-0.2, -0.15) is 0 Å². The van der Waals surface area contributed by atoms with Crippen molar-refractivity contribution in [1.29, 1.82) is 0 Å². The van der Waals surface area contributed by atoms with Crippen molar-refractivity contribution in [1.82, 2.24) is 4.90 Å². The first-order valence-electron chi connectivity index (χ1n) is 8.78. The number of allylic oxidation sites excluding steroid dienone is 3. The quantitative estimate of drug-likeness (QED) is 0.832. The fourth-order valence-corrected chi connectivity index (χ4v) is 3.58. The normalized spacial score (nSPS) is 27.3. The number of ether oxygens (including phenoxy) is 1. The molecule has 2 fully saturated rings. The maximum absolute atomic E-state index is 12.3. The van der Waals surface area contributed by atoms with Gasteiger partial charge in [0.25, 0.3) is 0 Å². The molecule has 1 atom stereocenters. The Kier molecular flexibility index (Phi) is 4.22. The van der Waals surface area contributed by atoms with E-state index in [0.717, 1.165) is 18.4 Å². The number of carboxylic acids is 1. The molecule has 1 N–H and O–H groups in total. The average Bonchev–Trinajstić information content (AvgIpc) is 3.07. The second kappa shape index (κ2) is 5.94. The molecule has 0 aromatic heterocycles. The lowest BCUT2D eigenvalue weighted by molar-refractivity contribution is -0.142. The van der Waals surface area contributed by atoms with Gasteiger partial charge in [0.2, 0.25) is 0 Å². The first-order valence-corrected chi connectivity index (χ1v) is 8.78. The number of carbonyl (C=O) groups is 2. The lowest BCUT2D eigenvalue weighted by atomic mass is 9.86. The number of hydrogen-bond acceptors (Lipinski definition) is 3. The van der Waals surface area contributed by atoms with E-state index in [4.69, 9.17) is 4.74 Å². The highest BCUT2D eigenvalue weighted by atomic mass is 16.6. The Hall–Kier alpha value is -1.78. The molecule has 5 heteroatoms. The zero-order valence-corrected chi connectivity index (χ0v) is 14.8. The molecule has 0 unspecified atom stereocenters. The van der Waals surface area contributed by atoms with Crippen molar-refractivity contribution in [3.8, 4) is 0 Å². The van der Waals surface area contributed by atoms with Crippen molar-refractivity contribution in [3.63, 3.8) is 0 Å². The molecule has 1 amide bonds. The van der Waals surface area contributed by atoms with Gasteiger partial charge in [-0.25, -0.2) is 9.59 Å². The molecular weight excluding hydrogens is 306 g/mol. The van der Waals surface area contributed by atoms with Crippen LogP contribution in [0.15, 0.2) is 23.3 Å². The van der Waals surface area contributed by atoms with E-state index in [1.54, 1.807) is 20.8 Å². The predicted molar refractivity (Wildman–Crippen MR) is 90.7 cm³/mol. The fourth-order valence-electron chi connectivity index (χ4n) is 3.58. The Bertz CT molecular complexity index is 607. The molecule has 1 spiro atoms. The van der Waals surface area contributed by atoms with Crippen molar-refractivity contribution >= 4 is 12.1 Å². The number of nitrogens with zero attached hydrogens (tertiary/aromatic N) is 1. The van der Waals surface area contributed by atoms with E-state index in [2.05, 4.69) is 12.2 Å². The van der Waals surface area contributed by atoms with Crippen molar-refractivity contribution in [2.45, 2.75) is 70.9 Å². The molecule has 1 saturated heterocycles. The van der Waals surface area contributed by atoms with Crippen molar-refractivity contribution in [2.24, 2.45) is 5.41 Å². The van der Waals surface area contributed by atoms with Gasteiger partial charge in [-0.15, -0.1) is 0 Å². The van der Waals surface area contributed by atoms with Crippen molar-refractivity contribution in [3.05, 3.63) is 23.3 Å². The summed E-state index contributed by atoms with van der Waals surface area (Å²) in [5.74, 6) is -0.973. The minimum Gasteiger partial charge on any atom is -0.480 e. The van der Waals surface area contributed by atoms with Gasteiger partial charge in [0.05, 0.1) is 0 Å². The number of amides is 1. The Morgan fingerprint density at radius 3 is 2.54 bits per heavy atom. The maximum Gasteiger partial charge on any atom is 0.411 e. The van der Waals surface area contributed by atoms with Crippen LogP contribution >= 0.6 is 0 Å². The van der Waals surface area contributed by atoms with Crippen LogP contribution in [0.1, 0.15) is 59.3 Å². The average molecular weight is 333 g/mol. The van der Waals surface area contributed by atoms with Crippen LogP contribution in [0.4, 0.5) is 4.79 Å². The van der Waals surface area contributed by atoms with Crippen LogP contribution in [-0.2, 0) is 9.53 Å². The van der Waals surface area contributed by atoms with Crippen LogP contribution in [-0.4, -0.2) is 40.3 Å². The lowest BCUT2D eigenvalue weighted by Crippen LogP contribution is -2.43. The Balaban J connectivity index is 1.70. The van der Waals surface area contributed by atoms with Crippen LogP contribution in [0.5, 0.6) is 0 Å². The van der Waals surface area contributed by atoms with Gasteiger partial charge in [-0.05, 0) is 63.9 Å². The smallest absolute Gasteiger partial charge is 0.411 e. The summed E-state index contributed by atoms with van der Waals surface area (Å²) < 4.78 is 5.36. The third-order valence-corrected chi connectivity index (χ3v) is 5.21. The third-order valence-electron chi connectivity index (χ3n) is 5.21. The van der Waals surface area contributed by atoms with Gasteiger partial charge in [0.15, 0.2) is 0 Å². The van der Waals surface area contributed by atoms with E-state index in [9.17, 15) is 14.7 Å². The van der Waals surface area contributed by atoms with E-state index in [0.29, 0.717) is 18.4 Å². The topological polar surface area (TPSA) is 66.8 Å². The molecule has 0 bridgehead atoms.